The SMILES string of the molecule is Cc1c(NC(=O)CCNC(=O)c2ccc(F)cc2Cl)cccc1C(=O)N1CCc2sccc2C1. The van der Waals surface area contributed by atoms with Crippen LogP contribution in [0.3, 0.4) is 0 Å². The van der Waals surface area contributed by atoms with Crippen molar-refractivity contribution in [1.82, 2.24) is 10.2 Å². The largest absolute Gasteiger partial charge is 0.351 e. The molecule has 9 heteroatoms. The van der Waals surface area contributed by atoms with Gasteiger partial charge in [-0.15, -0.1) is 11.3 Å². The zero-order valence-corrected chi connectivity index (χ0v) is 20.1. The van der Waals surface area contributed by atoms with Crippen molar-refractivity contribution in [3.8, 4) is 0 Å². The summed E-state index contributed by atoms with van der Waals surface area (Å²) < 4.78 is 13.1. The van der Waals surface area contributed by atoms with E-state index in [1.807, 2.05) is 4.90 Å². The molecular weight excluding hydrogens is 477 g/mol. The van der Waals surface area contributed by atoms with Crippen LogP contribution in [-0.4, -0.2) is 35.7 Å². The average molecular weight is 500 g/mol. The molecular formula is C25H23ClFN3O3S. The number of benzene rings is 2. The maximum absolute atomic E-state index is 13.2. The molecule has 2 aromatic carbocycles. The molecule has 34 heavy (non-hydrogen) atoms. The van der Waals surface area contributed by atoms with E-state index in [2.05, 4.69) is 22.1 Å². The Morgan fingerprint density at radius 3 is 2.76 bits per heavy atom. The summed E-state index contributed by atoms with van der Waals surface area (Å²) in [7, 11) is 0. The molecule has 0 aliphatic carbocycles. The number of fused-ring (bicyclic) bond motifs is 1. The molecule has 0 radical (unpaired) electrons. The summed E-state index contributed by atoms with van der Waals surface area (Å²) in [6, 6.07) is 10.8. The molecule has 0 spiro atoms. The third kappa shape index (κ3) is 5.29. The topological polar surface area (TPSA) is 78.5 Å². The van der Waals surface area contributed by atoms with E-state index >= 15 is 0 Å². The number of halogens is 2. The number of hydrogen-bond acceptors (Lipinski definition) is 4. The molecule has 6 nitrogen and oxygen atoms in total. The van der Waals surface area contributed by atoms with E-state index in [0.717, 1.165) is 18.6 Å². The smallest absolute Gasteiger partial charge is 0.254 e. The number of carbonyl (C=O) groups excluding carboxylic acids is 3. The molecule has 176 valence electrons. The number of anilines is 1. The second-order valence-electron chi connectivity index (χ2n) is 8.00. The minimum absolute atomic E-state index is 0.00276. The quantitative estimate of drug-likeness (QED) is 0.511. The first kappa shape index (κ1) is 23.9. The molecule has 1 aliphatic rings. The predicted molar refractivity (Wildman–Crippen MR) is 131 cm³/mol. The van der Waals surface area contributed by atoms with Crippen molar-refractivity contribution >= 4 is 46.3 Å². The van der Waals surface area contributed by atoms with E-state index in [1.54, 1.807) is 36.5 Å². The molecule has 1 aliphatic heterocycles. The summed E-state index contributed by atoms with van der Waals surface area (Å²) in [6.45, 7) is 3.14. The summed E-state index contributed by atoms with van der Waals surface area (Å²) in [4.78, 5) is 41.0. The summed E-state index contributed by atoms with van der Waals surface area (Å²) in [5.41, 5.74) is 3.13. The van der Waals surface area contributed by atoms with Gasteiger partial charge < -0.3 is 15.5 Å². The average Bonchev–Trinajstić information content (AvgIpc) is 3.28. The summed E-state index contributed by atoms with van der Waals surface area (Å²) >= 11 is 7.62. The number of nitrogens with zero attached hydrogens (tertiary/aromatic N) is 1. The summed E-state index contributed by atoms with van der Waals surface area (Å²) in [5, 5.41) is 7.47. The van der Waals surface area contributed by atoms with Gasteiger partial charge in [0.15, 0.2) is 0 Å². The van der Waals surface area contributed by atoms with Crippen molar-refractivity contribution in [1.29, 1.82) is 0 Å². The Hall–Kier alpha value is -3.23. The number of hydrogen-bond donors (Lipinski definition) is 2. The van der Waals surface area contributed by atoms with Crippen LogP contribution in [0.4, 0.5) is 10.1 Å². The second kappa shape index (κ2) is 10.4. The molecule has 2 heterocycles. The fourth-order valence-electron chi connectivity index (χ4n) is 3.87. The van der Waals surface area contributed by atoms with Crippen LogP contribution in [0.2, 0.25) is 5.02 Å². The number of nitrogens with one attached hydrogen (secondary N) is 2. The van der Waals surface area contributed by atoms with Gasteiger partial charge in [-0.1, -0.05) is 17.7 Å². The van der Waals surface area contributed by atoms with Crippen LogP contribution in [0.15, 0.2) is 47.8 Å². The molecule has 4 rings (SSSR count). The molecule has 3 aromatic rings. The maximum atomic E-state index is 13.2. The van der Waals surface area contributed by atoms with Crippen LogP contribution < -0.4 is 10.6 Å². The standard InChI is InChI=1S/C25H23ClFN3O3S/c1-15-18(25(33)30-11-8-22-16(14-30)9-12-34-22)3-2-4-21(15)29-23(31)7-10-28-24(32)19-6-5-17(27)13-20(19)26/h2-6,9,12-13H,7-8,10-11,14H2,1H3,(H,28,32)(H,29,31). The van der Waals surface area contributed by atoms with Gasteiger partial charge in [0.2, 0.25) is 5.91 Å². The first-order chi connectivity index (χ1) is 16.3. The Balaban J connectivity index is 1.34. The lowest BCUT2D eigenvalue weighted by molar-refractivity contribution is -0.116. The van der Waals surface area contributed by atoms with Gasteiger partial charge in [-0.25, -0.2) is 4.39 Å². The van der Waals surface area contributed by atoms with Gasteiger partial charge in [-0.2, -0.15) is 0 Å². The molecule has 0 atom stereocenters. The first-order valence-corrected chi connectivity index (χ1v) is 12.1. The van der Waals surface area contributed by atoms with Gasteiger partial charge in [0.05, 0.1) is 10.6 Å². The second-order valence-corrected chi connectivity index (χ2v) is 9.41. The van der Waals surface area contributed by atoms with E-state index in [9.17, 15) is 18.8 Å². The number of rotatable bonds is 6. The molecule has 2 N–H and O–H groups in total. The van der Waals surface area contributed by atoms with Gasteiger partial charge in [-0.3, -0.25) is 14.4 Å². The van der Waals surface area contributed by atoms with E-state index < -0.39 is 11.7 Å². The molecule has 0 fully saturated rings. The van der Waals surface area contributed by atoms with E-state index in [0.29, 0.717) is 29.9 Å². The first-order valence-electron chi connectivity index (χ1n) is 10.8. The van der Waals surface area contributed by atoms with Crippen molar-refractivity contribution in [2.45, 2.75) is 26.3 Å². The molecule has 1 aromatic heterocycles. The van der Waals surface area contributed by atoms with Crippen molar-refractivity contribution in [3.63, 3.8) is 0 Å². The van der Waals surface area contributed by atoms with Crippen LogP contribution in [-0.2, 0) is 17.8 Å². The Labute approximate surface area is 205 Å². The van der Waals surface area contributed by atoms with Crippen molar-refractivity contribution in [2.75, 3.05) is 18.4 Å². The van der Waals surface area contributed by atoms with Crippen molar-refractivity contribution in [2.24, 2.45) is 0 Å². The fraction of sp³-hybridized carbons (Fsp3) is 0.240. The Morgan fingerprint density at radius 1 is 1.15 bits per heavy atom. The fourth-order valence-corrected chi connectivity index (χ4v) is 5.01. The molecule has 0 saturated heterocycles. The number of amides is 3. The Bertz CT molecular complexity index is 1260. The zero-order valence-electron chi connectivity index (χ0n) is 18.5. The highest BCUT2D eigenvalue weighted by Gasteiger charge is 2.24. The predicted octanol–water partition coefficient (Wildman–Crippen LogP) is 4.81. The van der Waals surface area contributed by atoms with Crippen LogP contribution in [0.5, 0.6) is 0 Å². The van der Waals surface area contributed by atoms with Crippen LogP contribution in [0, 0.1) is 12.7 Å². The van der Waals surface area contributed by atoms with Gasteiger partial charge in [-0.05, 0) is 66.2 Å². The maximum Gasteiger partial charge on any atom is 0.254 e. The van der Waals surface area contributed by atoms with E-state index in [4.69, 9.17) is 11.6 Å². The minimum atomic E-state index is -0.534. The summed E-state index contributed by atoms with van der Waals surface area (Å²) in [6.07, 6.45) is 0.873. The van der Waals surface area contributed by atoms with Crippen molar-refractivity contribution < 1.29 is 18.8 Å². The lowest BCUT2D eigenvalue weighted by Gasteiger charge is -2.28. The highest BCUT2D eigenvalue weighted by molar-refractivity contribution is 7.10. The summed E-state index contributed by atoms with van der Waals surface area (Å²) in [5.74, 6) is -1.39. The van der Waals surface area contributed by atoms with Gasteiger partial charge >= 0.3 is 0 Å². The van der Waals surface area contributed by atoms with E-state index in [1.165, 1.54) is 16.5 Å². The Kier molecular flexibility index (Phi) is 7.29. The molecule has 0 bridgehead atoms. The number of carbonyl (C=O) groups is 3. The lowest BCUT2D eigenvalue weighted by Crippen LogP contribution is -2.35. The zero-order chi connectivity index (χ0) is 24.2. The lowest BCUT2D eigenvalue weighted by atomic mass is 10.0. The van der Waals surface area contributed by atoms with Gasteiger partial charge in [0, 0.05) is 42.2 Å². The van der Waals surface area contributed by atoms with Gasteiger partial charge in [0.1, 0.15) is 5.82 Å². The highest BCUT2D eigenvalue weighted by atomic mass is 35.5. The molecule has 0 saturated carbocycles. The normalized spacial score (nSPS) is 12.7. The third-order valence-corrected chi connectivity index (χ3v) is 7.08. The highest BCUT2D eigenvalue weighted by Crippen LogP contribution is 2.27. The minimum Gasteiger partial charge on any atom is -0.351 e. The van der Waals surface area contributed by atoms with Crippen LogP contribution in [0.1, 0.15) is 43.1 Å². The van der Waals surface area contributed by atoms with E-state index in [-0.39, 0.29) is 35.4 Å². The molecule has 3 amide bonds. The Morgan fingerprint density at radius 2 is 1.97 bits per heavy atom. The molecule has 0 unspecified atom stereocenters. The van der Waals surface area contributed by atoms with Crippen LogP contribution in [0.25, 0.3) is 0 Å². The van der Waals surface area contributed by atoms with Gasteiger partial charge in [0.25, 0.3) is 11.8 Å². The third-order valence-electron chi connectivity index (χ3n) is 5.75. The number of thiophene rings is 1. The van der Waals surface area contributed by atoms with Crippen molar-refractivity contribution in [3.05, 3.63) is 85.8 Å². The monoisotopic (exact) mass is 499 g/mol. The van der Waals surface area contributed by atoms with Crippen LogP contribution >= 0.6 is 22.9 Å².